The fourth-order valence-corrected chi connectivity index (χ4v) is 1.76. The third-order valence-corrected chi connectivity index (χ3v) is 2.76. The van der Waals surface area contributed by atoms with Gasteiger partial charge in [-0.1, -0.05) is 23.2 Å². The van der Waals surface area contributed by atoms with Gasteiger partial charge in [-0.15, -0.1) is 0 Å². The van der Waals surface area contributed by atoms with Crippen molar-refractivity contribution in [1.82, 2.24) is 5.32 Å². The van der Waals surface area contributed by atoms with Gasteiger partial charge in [0, 0.05) is 18.1 Å². The van der Waals surface area contributed by atoms with Crippen molar-refractivity contribution in [2.24, 2.45) is 5.73 Å². The summed E-state index contributed by atoms with van der Waals surface area (Å²) in [4.78, 5) is 11.4. The third-order valence-electron chi connectivity index (χ3n) is 2.14. The summed E-state index contributed by atoms with van der Waals surface area (Å²) in [6, 6.07) is 2.21. The molecule has 0 fully saturated rings. The van der Waals surface area contributed by atoms with Crippen LogP contribution in [-0.4, -0.2) is 20.1 Å². The molecule has 0 saturated heterocycles. The molecular formula is C10H12Cl2N2O2. The number of nitrogens with two attached hydrogens (primary N) is 1. The van der Waals surface area contributed by atoms with Gasteiger partial charge in [-0.05, 0) is 11.6 Å². The third kappa shape index (κ3) is 2.58. The Bertz CT molecular complexity index is 410. The van der Waals surface area contributed by atoms with Gasteiger partial charge in [0.1, 0.15) is 11.8 Å². The minimum atomic E-state index is -0.846. The molecule has 1 unspecified atom stereocenters. The molecule has 0 aromatic heterocycles. The maximum Gasteiger partial charge on any atom is 0.241 e. The number of hydrogen-bond acceptors (Lipinski definition) is 3. The predicted molar refractivity (Wildman–Crippen MR) is 64.0 cm³/mol. The van der Waals surface area contributed by atoms with Crippen LogP contribution in [-0.2, 0) is 4.79 Å². The first kappa shape index (κ1) is 13.1. The molecule has 0 saturated carbocycles. The monoisotopic (exact) mass is 262 g/mol. The van der Waals surface area contributed by atoms with Crippen molar-refractivity contribution in [2.75, 3.05) is 14.2 Å². The first-order chi connectivity index (χ1) is 7.51. The molecule has 0 radical (unpaired) electrons. The largest absolute Gasteiger partial charge is 0.495 e. The SMILES string of the molecule is CNC(=O)C(N)c1cc(Cl)c(OC)cc1Cl. The van der Waals surface area contributed by atoms with E-state index >= 15 is 0 Å². The quantitative estimate of drug-likeness (QED) is 0.873. The van der Waals surface area contributed by atoms with Gasteiger partial charge < -0.3 is 15.8 Å². The van der Waals surface area contributed by atoms with E-state index < -0.39 is 6.04 Å². The molecule has 0 heterocycles. The molecule has 6 heteroatoms. The van der Waals surface area contributed by atoms with Crippen molar-refractivity contribution in [3.63, 3.8) is 0 Å². The average molecular weight is 263 g/mol. The Labute approximate surface area is 104 Å². The second-order valence-corrected chi connectivity index (χ2v) is 3.91. The number of carbonyl (C=O) groups excluding carboxylic acids is 1. The molecule has 3 N–H and O–H groups in total. The number of carbonyl (C=O) groups is 1. The molecule has 1 amide bonds. The van der Waals surface area contributed by atoms with Crippen molar-refractivity contribution in [3.8, 4) is 5.75 Å². The van der Waals surface area contributed by atoms with Crippen molar-refractivity contribution < 1.29 is 9.53 Å². The molecule has 4 nitrogen and oxygen atoms in total. The van der Waals surface area contributed by atoms with Crippen LogP contribution < -0.4 is 15.8 Å². The van der Waals surface area contributed by atoms with Gasteiger partial charge in [0.15, 0.2) is 0 Å². The first-order valence-electron chi connectivity index (χ1n) is 4.51. The second kappa shape index (κ2) is 5.39. The minimum absolute atomic E-state index is 0.330. The van der Waals surface area contributed by atoms with Crippen LogP contribution >= 0.6 is 23.2 Å². The summed E-state index contributed by atoms with van der Waals surface area (Å²) in [5.74, 6) is 0.114. The smallest absolute Gasteiger partial charge is 0.241 e. The van der Waals surface area contributed by atoms with Crippen LogP contribution in [0.2, 0.25) is 10.0 Å². The first-order valence-corrected chi connectivity index (χ1v) is 5.27. The Morgan fingerprint density at radius 3 is 2.56 bits per heavy atom. The van der Waals surface area contributed by atoms with Gasteiger partial charge in [-0.25, -0.2) is 0 Å². The van der Waals surface area contributed by atoms with E-state index in [1.807, 2.05) is 0 Å². The van der Waals surface area contributed by atoms with E-state index in [0.717, 1.165) is 0 Å². The zero-order chi connectivity index (χ0) is 12.3. The number of likely N-dealkylation sites (N-methyl/N-ethyl adjacent to an activating group) is 1. The Hall–Kier alpha value is -0.970. The molecule has 0 bridgehead atoms. The van der Waals surface area contributed by atoms with Gasteiger partial charge >= 0.3 is 0 Å². The van der Waals surface area contributed by atoms with Crippen molar-refractivity contribution in [1.29, 1.82) is 0 Å². The second-order valence-electron chi connectivity index (χ2n) is 3.10. The zero-order valence-electron chi connectivity index (χ0n) is 8.88. The van der Waals surface area contributed by atoms with Crippen molar-refractivity contribution >= 4 is 29.1 Å². The van der Waals surface area contributed by atoms with Gasteiger partial charge in [-0.3, -0.25) is 4.79 Å². The van der Waals surface area contributed by atoms with Gasteiger partial charge in [0.25, 0.3) is 0 Å². The maximum atomic E-state index is 11.4. The summed E-state index contributed by atoms with van der Waals surface area (Å²) in [5.41, 5.74) is 6.18. The highest BCUT2D eigenvalue weighted by Crippen LogP contribution is 2.33. The van der Waals surface area contributed by atoms with E-state index in [-0.39, 0.29) is 5.91 Å². The normalized spacial score (nSPS) is 12.1. The highest BCUT2D eigenvalue weighted by molar-refractivity contribution is 6.35. The van der Waals surface area contributed by atoms with Gasteiger partial charge in [0.2, 0.25) is 5.91 Å². The standard InChI is InChI=1S/C10H12Cl2N2O2/c1-14-10(15)9(13)5-3-7(12)8(16-2)4-6(5)11/h3-4,9H,13H2,1-2H3,(H,14,15). The molecule has 1 aromatic carbocycles. The molecule has 16 heavy (non-hydrogen) atoms. The number of halogens is 2. The number of hydrogen-bond donors (Lipinski definition) is 2. The summed E-state index contributed by atoms with van der Waals surface area (Å²) < 4.78 is 4.99. The number of amides is 1. The fourth-order valence-electron chi connectivity index (χ4n) is 1.24. The lowest BCUT2D eigenvalue weighted by molar-refractivity contribution is -0.121. The van der Waals surface area contributed by atoms with Crippen LogP contribution in [0.15, 0.2) is 12.1 Å². The highest BCUT2D eigenvalue weighted by atomic mass is 35.5. The molecule has 0 aliphatic carbocycles. The summed E-state index contributed by atoms with van der Waals surface area (Å²) in [6.07, 6.45) is 0. The highest BCUT2D eigenvalue weighted by Gasteiger charge is 2.19. The summed E-state index contributed by atoms with van der Waals surface area (Å²) in [5, 5.41) is 3.15. The summed E-state index contributed by atoms with van der Waals surface area (Å²) >= 11 is 11.9. The number of methoxy groups -OCH3 is 1. The van der Waals surface area contributed by atoms with Crippen LogP contribution in [0.5, 0.6) is 5.75 Å². The van der Waals surface area contributed by atoms with E-state index in [1.165, 1.54) is 26.3 Å². The van der Waals surface area contributed by atoms with Crippen molar-refractivity contribution in [2.45, 2.75) is 6.04 Å². The molecule has 0 spiro atoms. The van der Waals surface area contributed by atoms with Crippen LogP contribution in [0.1, 0.15) is 11.6 Å². The predicted octanol–water partition coefficient (Wildman–Crippen LogP) is 1.75. The van der Waals surface area contributed by atoms with E-state index in [0.29, 0.717) is 21.4 Å². The molecule has 1 atom stereocenters. The van der Waals surface area contributed by atoms with Crippen LogP contribution in [0, 0.1) is 0 Å². The maximum absolute atomic E-state index is 11.4. The molecule has 1 rings (SSSR count). The van der Waals surface area contributed by atoms with Gasteiger partial charge in [0.05, 0.1) is 12.1 Å². The lowest BCUT2D eigenvalue weighted by atomic mass is 10.1. The number of rotatable bonds is 3. The van der Waals surface area contributed by atoms with Gasteiger partial charge in [-0.2, -0.15) is 0 Å². The fraction of sp³-hybridized carbons (Fsp3) is 0.300. The molecule has 0 aliphatic rings. The average Bonchev–Trinajstić information content (AvgIpc) is 2.29. The Morgan fingerprint density at radius 1 is 1.44 bits per heavy atom. The summed E-state index contributed by atoms with van der Waals surface area (Å²) in [6.45, 7) is 0. The number of ether oxygens (including phenoxy) is 1. The molecular weight excluding hydrogens is 251 g/mol. The van der Waals surface area contributed by atoms with Crippen LogP contribution in [0.25, 0.3) is 0 Å². The van der Waals surface area contributed by atoms with E-state index in [4.69, 9.17) is 33.7 Å². The zero-order valence-corrected chi connectivity index (χ0v) is 10.4. The number of nitrogens with one attached hydrogen (secondary N) is 1. The molecule has 1 aromatic rings. The van der Waals surface area contributed by atoms with E-state index in [9.17, 15) is 4.79 Å². The Kier molecular flexibility index (Phi) is 4.41. The molecule has 0 aliphatic heterocycles. The van der Waals surface area contributed by atoms with Crippen molar-refractivity contribution in [3.05, 3.63) is 27.7 Å². The lowest BCUT2D eigenvalue weighted by Gasteiger charge is -2.14. The lowest BCUT2D eigenvalue weighted by Crippen LogP contribution is -2.31. The van der Waals surface area contributed by atoms with E-state index in [1.54, 1.807) is 0 Å². The van der Waals surface area contributed by atoms with Crippen LogP contribution in [0.3, 0.4) is 0 Å². The molecule has 88 valence electrons. The number of benzene rings is 1. The topological polar surface area (TPSA) is 64.4 Å². The Morgan fingerprint density at radius 2 is 2.06 bits per heavy atom. The van der Waals surface area contributed by atoms with E-state index in [2.05, 4.69) is 5.32 Å². The summed E-state index contributed by atoms with van der Waals surface area (Å²) in [7, 11) is 2.98. The van der Waals surface area contributed by atoms with Crippen LogP contribution in [0.4, 0.5) is 0 Å². The minimum Gasteiger partial charge on any atom is -0.495 e. The Balaban J connectivity index is 3.15.